The van der Waals surface area contributed by atoms with Crippen molar-refractivity contribution < 1.29 is 4.74 Å². The van der Waals surface area contributed by atoms with Gasteiger partial charge < -0.3 is 10.5 Å². The Bertz CT molecular complexity index is 781. The maximum Gasteiger partial charge on any atom is 0.257 e. The molecule has 0 saturated heterocycles. The van der Waals surface area contributed by atoms with E-state index in [0.29, 0.717) is 37.4 Å². The van der Waals surface area contributed by atoms with E-state index in [1.807, 2.05) is 28.7 Å². The van der Waals surface area contributed by atoms with Gasteiger partial charge in [0.05, 0.1) is 26.6 Å². The first-order chi connectivity index (χ1) is 9.97. The number of nitriles is 2. The molecule has 1 aromatic heterocycles. The van der Waals surface area contributed by atoms with Crippen LogP contribution in [0, 0.1) is 40.1 Å². The van der Waals surface area contributed by atoms with Crippen LogP contribution < -0.4 is 10.5 Å². The van der Waals surface area contributed by atoms with Crippen LogP contribution in [-0.4, -0.2) is 10.2 Å². The molecule has 6 nitrogen and oxygen atoms in total. The van der Waals surface area contributed by atoms with Gasteiger partial charge in [0, 0.05) is 0 Å². The first kappa shape index (κ1) is 15.0. The minimum atomic E-state index is 0.106. The molecule has 0 amide bonds. The van der Waals surface area contributed by atoms with Gasteiger partial charge in [0.1, 0.15) is 11.6 Å². The van der Waals surface area contributed by atoms with Gasteiger partial charge in [-0.3, -0.25) is 0 Å². The second kappa shape index (κ2) is 5.94. The van der Waals surface area contributed by atoms with E-state index in [2.05, 4.69) is 16.3 Å². The molecule has 2 N–H and O–H groups in total. The van der Waals surface area contributed by atoms with Gasteiger partial charge in [-0.05, 0) is 54.1 Å². The maximum atomic E-state index is 9.25. The van der Waals surface area contributed by atoms with Gasteiger partial charge in [-0.15, -0.1) is 5.10 Å². The highest BCUT2D eigenvalue weighted by Gasteiger charge is 2.16. The van der Waals surface area contributed by atoms with Gasteiger partial charge in [-0.1, -0.05) is 0 Å². The Morgan fingerprint density at radius 1 is 1.19 bits per heavy atom. The van der Waals surface area contributed by atoms with Crippen LogP contribution in [0.3, 0.4) is 0 Å². The fourth-order valence-electron chi connectivity index (χ4n) is 1.67. The molecule has 0 aliphatic rings. The molecule has 0 aliphatic heterocycles. The third-order valence-corrected chi connectivity index (χ3v) is 3.74. The summed E-state index contributed by atoms with van der Waals surface area (Å²) in [4.78, 5) is 0. The van der Waals surface area contributed by atoms with Gasteiger partial charge in [0.15, 0.2) is 5.75 Å². The zero-order chi connectivity index (χ0) is 15.6. The normalized spacial score (nSPS) is 9.76. The average molecular weight is 391 g/mol. The molecule has 21 heavy (non-hydrogen) atoms. The fourth-order valence-corrected chi connectivity index (χ4v) is 2.43. The first-order valence-electron chi connectivity index (χ1n) is 5.89. The summed E-state index contributed by atoms with van der Waals surface area (Å²) in [5, 5.41) is 26.0. The summed E-state index contributed by atoms with van der Waals surface area (Å²) in [7, 11) is 0. The second-order valence-corrected chi connectivity index (χ2v) is 5.45. The van der Waals surface area contributed by atoms with E-state index >= 15 is 0 Å². The SMILES string of the molecule is Cc1nnc(Oc2c(N)cc(C#N)cc2I)c(C#N)c1C. The van der Waals surface area contributed by atoms with Crippen LogP contribution in [0.15, 0.2) is 12.1 Å². The highest BCUT2D eigenvalue weighted by atomic mass is 127. The number of benzene rings is 1. The number of rotatable bonds is 2. The summed E-state index contributed by atoms with van der Waals surface area (Å²) >= 11 is 2.01. The average Bonchev–Trinajstić information content (AvgIpc) is 2.46. The molecule has 7 heteroatoms. The minimum absolute atomic E-state index is 0.106. The van der Waals surface area contributed by atoms with Crippen molar-refractivity contribution >= 4 is 28.3 Å². The molecule has 0 unspecified atom stereocenters. The number of nitrogen functional groups attached to an aromatic ring is 1. The Hall–Kier alpha value is -2.39. The van der Waals surface area contributed by atoms with Crippen molar-refractivity contribution in [1.29, 1.82) is 10.5 Å². The molecule has 1 aromatic carbocycles. The zero-order valence-corrected chi connectivity index (χ0v) is 13.5. The predicted octanol–water partition coefficient (Wildman–Crippen LogP) is 2.82. The van der Waals surface area contributed by atoms with Gasteiger partial charge in [-0.2, -0.15) is 15.6 Å². The van der Waals surface area contributed by atoms with Crippen molar-refractivity contribution in [2.24, 2.45) is 0 Å². The van der Waals surface area contributed by atoms with Crippen molar-refractivity contribution in [3.63, 3.8) is 0 Å². The number of hydrogen-bond acceptors (Lipinski definition) is 6. The Kier molecular flexibility index (Phi) is 4.24. The molecular formula is C14H10IN5O. The summed E-state index contributed by atoms with van der Waals surface area (Å²) in [6.07, 6.45) is 0. The minimum Gasteiger partial charge on any atom is -0.433 e. The third-order valence-electron chi connectivity index (χ3n) is 2.93. The number of nitrogens with two attached hydrogens (primary N) is 1. The smallest absolute Gasteiger partial charge is 0.257 e. The summed E-state index contributed by atoms with van der Waals surface area (Å²) in [5.41, 5.74) is 8.34. The van der Waals surface area contributed by atoms with Crippen molar-refractivity contribution in [1.82, 2.24) is 10.2 Å². The number of anilines is 1. The molecule has 104 valence electrons. The Labute approximate surface area is 135 Å². The van der Waals surface area contributed by atoms with Gasteiger partial charge >= 0.3 is 0 Å². The van der Waals surface area contributed by atoms with Crippen LogP contribution in [0.1, 0.15) is 22.4 Å². The van der Waals surface area contributed by atoms with Crippen LogP contribution >= 0.6 is 22.6 Å². The van der Waals surface area contributed by atoms with Crippen LogP contribution in [0.25, 0.3) is 0 Å². The molecule has 1 heterocycles. The van der Waals surface area contributed by atoms with E-state index in [-0.39, 0.29) is 5.88 Å². The Balaban J connectivity index is 2.52. The fraction of sp³-hybridized carbons (Fsp3) is 0.143. The Morgan fingerprint density at radius 2 is 1.90 bits per heavy atom. The molecule has 0 saturated carbocycles. The third kappa shape index (κ3) is 2.88. The van der Waals surface area contributed by atoms with E-state index in [1.54, 1.807) is 19.9 Å². The monoisotopic (exact) mass is 391 g/mol. The van der Waals surface area contributed by atoms with Gasteiger partial charge in [0.25, 0.3) is 5.88 Å². The largest absolute Gasteiger partial charge is 0.433 e. The summed E-state index contributed by atoms with van der Waals surface area (Å²) in [5.74, 6) is 0.471. The lowest BCUT2D eigenvalue weighted by Crippen LogP contribution is -2.03. The molecular weight excluding hydrogens is 381 g/mol. The molecule has 0 radical (unpaired) electrons. The van der Waals surface area contributed by atoms with Crippen LogP contribution in [0.4, 0.5) is 5.69 Å². The van der Waals surface area contributed by atoms with E-state index in [4.69, 9.17) is 15.7 Å². The number of aryl methyl sites for hydroxylation is 1. The molecule has 0 atom stereocenters. The van der Waals surface area contributed by atoms with Crippen LogP contribution in [0.2, 0.25) is 0 Å². The molecule has 0 aliphatic carbocycles. The summed E-state index contributed by atoms with van der Waals surface area (Å²) < 4.78 is 6.32. The van der Waals surface area contributed by atoms with Crippen molar-refractivity contribution in [3.05, 3.63) is 38.1 Å². The number of ether oxygens (including phenoxy) is 1. The maximum absolute atomic E-state index is 9.25. The summed E-state index contributed by atoms with van der Waals surface area (Å²) in [6, 6.07) is 7.24. The summed E-state index contributed by atoms with van der Waals surface area (Å²) in [6.45, 7) is 3.55. The van der Waals surface area contributed by atoms with Gasteiger partial charge in [0.2, 0.25) is 0 Å². The molecule has 2 aromatic rings. The highest BCUT2D eigenvalue weighted by molar-refractivity contribution is 14.1. The highest BCUT2D eigenvalue weighted by Crippen LogP contribution is 2.34. The van der Waals surface area contributed by atoms with Crippen LogP contribution in [-0.2, 0) is 0 Å². The lowest BCUT2D eigenvalue weighted by atomic mass is 10.1. The topological polar surface area (TPSA) is 109 Å². The molecule has 0 fully saturated rings. The van der Waals surface area contributed by atoms with Crippen molar-refractivity contribution in [3.8, 4) is 23.8 Å². The number of aromatic nitrogens is 2. The Morgan fingerprint density at radius 3 is 2.48 bits per heavy atom. The standard InChI is InChI=1S/C14H10IN5O/c1-7-8(2)19-20-14(10(7)6-17)21-13-11(15)3-9(5-16)4-12(13)18/h3-4H,18H2,1-2H3. The lowest BCUT2D eigenvalue weighted by Gasteiger charge is -2.12. The molecule has 0 spiro atoms. The second-order valence-electron chi connectivity index (χ2n) is 4.29. The van der Waals surface area contributed by atoms with Crippen molar-refractivity contribution in [2.75, 3.05) is 5.73 Å². The number of nitrogens with zero attached hydrogens (tertiary/aromatic N) is 4. The number of hydrogen-bond donors (Lipinski definition) is 1. The van der Waals surface area contributed by atoms with E-state index in [9.17, 15) is 5.26 Å². The number of halogens is 1. The first-order valence-corrected chi connectivity index (χ1v) is 6.96. The predicted molar refractivity (Wildman–Crippen MR) is 84.6 cm³/mol. The van der Waals surface area contributed by atoms with E-state index in [0.717, 1.165) is 0 Å². The molecule has 0 bridgehead atoms. The zero-order valence-electron chi connectivity index (χ0n) is 11.3. The van der Waals surface area contributed by atoms with Crippen LogP contribution in [0.5, 0.6) is 11.6 Å². The van der Waals surface area contributed by atoms with E-state index < -0.39 is 0 Å². The van der Waals surface area contributed by atoms with Crippen molar-refractivity contribution in [2.45, 2.75) is 13.8 Å². The van der Waals surface area contributed by atoms with E-state index in [1.165, 1.54) is 6.07 Å². The quantitative estimate of drug-likeness (QED) is 0.623. The van der Waals surface area contributed by atoms with Gasteiger partial charge in [-0.25, -0.2) is 0 Å². The molecule has 2 rings (SSSR count). The lowest BCUT2D eigenvalue weighted by molar-refractivity contribution is 0.451.